The summed E-state index contributed by atoms with van der Waals surface area (Å²) in [7, 11) is -3.56. The van der Waals surface area contributed by atoms with E-state index in [2.05, 4.69) is 87.2 Å². The fourth-order valence-corrected chi connectivity index (χ4v) is 11.1. The lowest BCUT2D eigenvalue weighted by atomic mass is 10.2. The fourth-order valence-electron chi connectivity index (χ4n) is 3.85. The largest absolute Gasteiger partial charge is 0.416 e. The lowest BCUT2D eigenvalue weighted by molar-refractivity contribution is 0.182. The van der Waals surface area contributed by atoms with Gasteiger partial charge in [0.2, 0.25) is 8.32 Å². The summed E-state index contributed by atoms with van der Waals surface area (Å²) in [6.45, 7) is 27.0. The van der Waals surface area contributed by atoms with Gasteiger partial charge in [0.05, 0.1) is 5.54 Å². The highest BCUT2D eigenvalue weighted by molar-refractivity contribution is 6.83. The minimum absolute atomic E-state index is 0.209. The van der Waals surface area contributed by atoms with Gasteiger partial charge in [-0.3, -0.25) is 0 Å². The van der Waals surface area contributed by atoms with Crippen LogP contribution < -0.4 is 0 Å². The Kier molecular flexibility index (Phi) is 6.32. The van der Waals surface area contributed by atoms with Crippen molar-refractivity contribution in [3.63, 3.8) is 0 Å². The highest BCUT2D eigenvalue weighted by atomic mass is 28.4. The zero-order chi connectivity index (χ0) is 19.0. The Morgan fingerprint density at radius 1 is 1.00 bits per heavy atom. The van der Waals surface area contributed by atoms with Gasteiger partial charge in [0, 0.05) is 19.6 Å². The van der Waals surface area contributed by atoms with Crippen LogP contribution in [0.2, 0.25) is 33.7 Å². The maximum absolute atomic E-state index is 6.33. The Morgan fingerprint density at radius 3 is 1.83 bits per heavy atom. The first-order valence-electron chi connectivity index (χ1n) is 9.32. The Hall–Kier alpha value is -0.0862. The Bertz CT molecular complexity index is 479. The van der Waals surface area contributed by atoms with Crippen LogP contribution >= 0.6 is 0 Å². The Labute approximate surface area is 153 Å². The third kappa shape index (κ3) is 4.18. The van der Waals surface area contributed by atoms with Crippen molar-refractivity contribution in [2.45, 2.75) is 102 Å². The number of hydrogen-bond donors (Lipinski definition) is 0. The normalized spacial score (nSPS) is 21.7. The molecule has 0 amide bonds. The van der Waals surface area contributed by atoms with Gasteiger partial charge in [-0.2, -0.15) is 0 Å². The van der Waals surface area contributed by atoms with Crippen LogP contribution in [-0.4, -0.2) is 29.8 Å². The number of hydrogen-bond acceptors (Lipinski definition) is 2. The summed E-state index contributed by atoms with van der Waals surface area (Å²) < 4.78 is 12.6. The van der Waals surface area contributed by atoms with Crippen LogP contribution in [0, 0.1) is 11.8 Å². The molecule has 1 fully saturated rings. The molecular formula is C20H40O2Si2. The molecule has 1 atom stereocenters. The molecule has 0 aromatic carbocycles. The van der Waals surface area contributed by atoms with E-state index in [1.807, 2.05) is 0 Å². The van der Waals surface area contributed by atoms with Crippen molar-refractivity contribution < 1.29 is 8.85 Å². The smallest absolute Gasteiger partial charge is 0.220 e. The highest BCUT2D eigenvalue weighted by Crippen LogP contribution is 2.61. The molecule has 0 bridgehead atoms. The van der Waals surface area contributed by atoms with Gasteiger partial charge in [-0.25, -0.2) is 0 Å². The predicted molar refractivity (Wildman–Crippen MR) is 110 cm³/mol. The molecule has 0 aromatic heterocycles. The molecule has 0 N–H and O–H groups in total. The SMILES string of the molecule is CC(C)(C)[Si](C)(C)OCCC#CC1CO[Si]1(C(C)(C)C)C(C)(C)C. The van der Waals surface area contributed by atoms with Crippen molar-refractivity contribution in [2.75, 3.05) is 13.2 Å². The van der Waals surface area contributed by atoms with Crippen LogP contribution in [-0.2, 0) is 8.85 Å². The fraction of sp³-hybridized carbons (Fsp3) is 0.900. The summed E-state index contributed by atoms with van der Waals surface area (Å²) in [6, 6.07) is 0. The molecule has 2 nitrogen and oxygen atoms in total. The standard InChI is InChI=1S/C20H40O2Si2/c1-18(2,3)23(10,11)21-15-13-12-14-17-16-22-24(17,19(4,5)6)20(7,8)9/h17H,13,15-16H2,1-11H3. The average molecular weight is 369 g/mol. The molecule has 0 aromatic rings. The lowest BCUT2D eigenvalue weighted by Crippen LogP contribution is -2.66. The third-order valence-electron chi connectivity index (χ3n) is 5.97. The van der Waals surface area contributed by atoms with Crippen molar-refractivity contribution in [1.82, 2.24) is 0 Å². The lowest BCUT2D eigenvalue weighted by Gasteiger charge is -2.59. The van der Waals surface area contributed by atoms with Crippen LogP contribution in [0.1, 0.15) is 68.7 Å². The molecule has 1 heterocycles. The molecule has 1 rings (SSSR count). The summed E-state index contributed by atoms with van der Waals surface area (Å²) in [5.74, 6) is 6.98. The zero-order valence-electron chi connectivity index (χ0n) is 18.0. The van der Waals surface area contributed by atoms with E-state index in [1.165, 1.54) is 0 Å². The first-order valence-corrected chi connectivity index (χ1v) is 14.2. The van der Waals surface area contributed by atoms with E-state index < -0.39 is 16.6 Å². The van der Waals surface area contributed by atoms with Gasteiger partial charge in [-0.15, -0.1) is 5.92 Å². The second-order valence-corrected chi connectivity index (χ2v) is 21.0. The molecule has 140 valence electrons. The molecule has 4 heteroatoms. The van der Waals surface area contributed by atoms with Gasteiger partial charge in [-0.1, -0.05) is 68.2 Å². The second kappa shape index (κ2) is 6.91. The van der Waals surface area contributed by atoms with E-state index in [0.29, 0.717) is 5.54 Å². The van der Waals surface area contributed by atoms with Gasteiger partial charge in [0.15, 0.2) is 8.32 Å². The van der Waals surface area contributed by atoms with Gasteiger partial charge in [-0.05, 0) is 28.2 Å². The van der Waals surface area contributed by atoms with Gasteiger partial charge in [0.25, 0.3) is 0 Å². The Morgan fingerprint density at radius 2 is 1.50 bits per heavy atom. The van der Waals surface area contributed by atoms with Gasteiger partial charge >= 0.3 is 0 Å². The van der Waals surface area contributed by atoms with Crippen LogP contribution in [0.5, 0.6) is 0 Å². The molecule has 0 spiro atoms. The van der Waals surface area contributed by atoms with E-state index in [4.69, 9.17) is 8.85 Å². The van der Waals surface area contributed by atoms with Crippen molar-refractivity contribution in [2.24, 2.45) is 0 Å². The first-order chi connectivity index (χ1) is 10.6. The quantitative estimate of drug-likeness (QED) is 0.328. The maximum Gasteiger partial charge on any atom is 0.220 e. The molecule has 0 aliphatic carbocycles. The summed E-state index contributed by atoms with van der Waals surface area (Å²) >= 11 is 0. The summed E-state index contributed by atoms with van der Waals surface area (Å²) in [5, 5.41) is 0.684. The average Bonchev–Trinajstić information content (AvgIpc) is 2.26. The van der Waals surface area contributed by atoms with Gasteiger partial charge in [0.1, 0.15) is 0 Å². The highest BCUT2D eigenvalue weighted by Gasteiger charge is 2.65. The summed E-state index contributed by atoms with van der Waals surface area (Å²) in [6.07, 6.45) is 0.835. The zero-order valence-corrected chi connectivity index (χ0v) is 20.0. The van der Waals surface area contributed by atoms with Crippen molar-refractivity contribution in [1.29, 1.82) is 0 Å². The monoisotopic (exact) mass is 368 g/mol. The van der Waals surface area contributed by atoms with Gasteiger partial charge < -0.3 is 8.85 Å². The van der Waals surface area contributed by atoms with Crippen molar-refractivity contribution >= 4 is 16.6 Å². The molecule has 0 saturated carbocycles. The molecule has 24 heavy (non-hydrogen) atoms. The van der Waals surface area contributed by atoms with E-state index in [1.54, 1.807) is 0 Å². The topological polar surface area (TPSA) is 18.5 Å². The molecule has 1 unspecified atom stereocenters. The van der Waals surface area contributed by atoms with Crippen LogP contribution in [0.3, 0.4) is 0 Å². The van der Waals surface area contributed by atoms with Crippen LogP contribution in [0.25, 0.3) is 0 Å². The van der Waals surface area contributed by atoms with E-state index in [-0.39, 0.29) is 15.1 Å². The number of rotatable bonds is 3. The molecule has 1 saturated heterocycles. The minimum atomic E-state index is -1.91. The Balaban J connectivity index is 2.71. The van der Waals surface area contributed by atoms with E-state index in [0.717, 1.165) is 19.6 Å². The van der Waals surface area contributed by atoms with Crippen molar-refractivity contribution in [3.8, 4) is 11.8 Å². The van der Waals surface area contributed by atoms with Crippen LogP contribution in [0.15, 0.2) is 0 Å². The summed E-state index contributed by atoms with van der Waals surface area (Å²) in [5.41, 5.74) is 0.449. The molecule has 0 radical (unpaired) electrons. The second-order valence-electron chi connectivity index (χ2n) is 10.8. The molecular weight excluding hydrogens is 328 g/mol. The first kappa shape index (κ1) is 22.0. The minimum Gasteiger partial charge on any atom is -0.416 e. The maximum atomic E-state index is 6.33. The van der Waals surface area contributed by atoms with Crippen molar-refractivity contribution in [3.05, 3.63) is 0 Å². The third-order valence-corrected chi connectivity index (χ3v) is 16.9. The molecule has 1 aliphatic rings. The van der Waals surface area contributed by atoms with E-state index >= 15 is 0 Å². The predicted octanol–water partition coefficient (Wildman–Crippen LogP) is 6.35. The summed E-state index contributed by atoms with van der Waals surface area (Å²) in [4.78, 5) is 0. The molecule has 1 aliphatic heterocycles. The van der Waals surface area contributed by atoms with E-state index in [9.17, 15) is 0 Å². The van der Waals surface area contributed by atoms with Crippen LogP contribution in [0.4, 0.5) is 0 Å².